The number of rotatable bonds is 5. The number of ether oxygens (including phenoxy) is 1. The molecule has 21 heavy (non-hydrogen) atoms. The van der Waals surface area contributed by atoms with Gasteiger partial charge in [0.2, 0.25) is 0 Å². The highest BCUT2D eigenvalue weighted by Crippen LogP contribution is 2.23. The van der Waals surface area contributed by atoms with Crippen LogP contribution in [-0.4, -0.2) is 31.4 Å². The van der Waals surface area contributed by atoms with Gasteiger partial charge in [-0.25, -0.2) is 4.98 Å². The Kier molecular flexibility index (Phi) is 3.79. The molecule has 0 aliphatic rings. The lowest BCUT2D eigenvalue weighted by Crippen LogP contribution is -2.09. The van der Waals surface area contributed by atoms with Crippen molar-refractivity contribution in [2.45, 2.75) is 25.9 Å². The molecule has 0 unspecified atom stereocenters. The van der Waals surface area contributed by atoms with E-state index in [4.69, 9.17) is 16.3 Å². The minimum absolute atomic E-state index is 0.345. The quantitative estimate of drug-likeness (QED) is 0.679. The van der Waals surface area contributed by atoms with Crippen LogP contribution in [0.25, 0.3) is 11.0 Å². The van der Waals surface area contributed by atoms with Crippen LogP contribution in [0.15, 0.2) is 24.5 Å². The SMILES string of the molecule is CCn1cnnc1Cn1c(CCl)nc2ccc(OC)cc21. The van der Waals surface area contributed by atoms with E-state index in [0.29, 0.717) is 12.4 Å². The van der Waals surface area contributed by atoms with Gasteiger partial charge in [0, 0.05) is 12.6 Å². The number of nitrogens with zero attached hydrogens (tertiary/aromatic N) is 5. The van der Waals surface area contributed by atoms with E-state index in [1.807, 2.05) is 22.8 Å². The van der Waals surface area contributed by atoms with Crippen LogP contribution in [0, 0.1) is 0 Å². The fourth-order valence-electron chi connectivity index (χ4n) is 2.36. The monoisotopic (exact) mass is 305 g/mol. The summed E-state index contributed by atoms with van der Waals surface area (Å²) in [6.07, 6.45) is 1.73. The second-order valence-electron chi connectivity index (χ2n) is 4.64. The predicted octanol–water partition coefficient (Wildman–Crippen LogP) is 2.44. The summed E-state index contributed by atoms with van der Waals surface area (Å²) in [5.74, 6) is 2.83. The molecule has 1 aromatic carbocycles. The molecule has 7 heteroatoms. The number of benzene rings is 1. The summed E-state index contributed by atoms with van der Waals surface area (Å²) in [4.78, 5) is 4.56. The molecule has 0 radical (unpaired) electrons. The van der Waals surface area contributed by atoms with Crippen molar-refractivity contribution >= 4 is 22.6 Å². The van der Waals surface area contributed by atoms with Crippen LogP contribution in [0.5, 0.6) is 5.75 Å². The molecule has 0 spiro atoms. The number of aromatic nitrogens is 5. The Hall–Kier alpha value is -2.08. The van der Waals surface area contributed by atoms with Crippen molar-refractivity contribution < 1.29 is 4.74 Å². The molecule has 2 aromatic heterocycles. The Bertz CT molecular complexity index is 764. The second-order valence-corrected chi connectivity index (χ2v) is 4.90. The second kappa shape index (κ2) is 5.73. The molecule has 6 nitrogen and oxygen atoms in total. The van der Waals surface area contributed by atoms with Gasteiger partial charge in [0.15, 0.2) is 5.82 Å². The van der Waals surface area contributed by atoms with Gasteiger partial charge in [0.1, 0.15) is 17.9 Å². The zero-order chi connectivity index (χ0) is 14.8. The maximum atomic E-state index is 6.03. The zero-order valence-electron chi connectivity index (χ0n) is 12.0. The molecule has 0 N–H and O–H groups in total. The smallest absolute Gasteiger partial charge is 0.152 e. The van der Waals surface area contributed by atoms with Gasteiger partial charge in [0.25, 0.3) is 0 Å². The normalized spacial score (nSPS) is 11.2. The fraction of sp³-hybridized carbons (Fsp3) is 0.357. The van der Waals surface area contributed by atoms with Crippen molar-refractivity contribution in [2.24, 2.45) is 0 Å². The van der Waals surface area contributed by atoms with Crippen LogP contribution in [0.3, 0.4) is 0 Å². The number of alkyl halides is 1. The summed E-state index contributed by atoms with van der Waals surface area (Å²) in [6, 6.07) is 5.79. The van der Waals surface area contributed by atoms with E-state index in [2.05, 4.69) is 26.7 Å². The molecule has 0 amide bonds. The standard InChI is InChI=1S/C14H16ClN5O/c1-3-19-9-16-18-14(19)8-20-12-6-10(21-2)4-5-11(12)17-13(20)7-15/h4-6,9H,3,7-8H2,1-2H3. The van der Waals surface area contributed by atoms with Gasteiger partial charge >= 0.3 is 0 Å². The van der Waals surface area contributed by atoms with Crippen molar-refractivity contribution in [3.05, 3.63) is 36.2 Å². The van der Waals surface area contributed by atoms with Crippen molar-refractivity contribution in [1.82, 2.24) is 24.3 Å². The molecule has 110 valence electrons. The molecule has 3 rings (SSSR count). The van der Waals surface area contributed by atoms with E-state index in [1.54, 1.807) is 13.4 Å². The van der Waals surface area contributed by atoms with Crippen LogP contribution in [-0.2, 0) is 19.0 Å². The van der Waals surface area contributed by atoms with Crippen LogP contribution in [0.2, 0.25) is 0 Å². The topological polar surface area (TPSA) is 57.8 Å². The largest absolute Gasteiger partial charge is 0.497 e. The van der Waals surface area contributed by atoms with Gasteiger partial charge in [-0.1, -0.05) is 0 Å². The van der Waals surface area contributed by atoms with E-state index in [9.17, 15) is 0 Å². The molecule has 2 heterocycles. The number of aryl methyl sites for hydroxylation is 1. The average molecular weight is 306 g/mol. The lowest BCUT2D eigenvalue weighted by molar-refractivity contribution is 0.415. The van der Waals surface area contributed by atoms with Gasteiger partial charge in [-0.3, -0.25) is 0 Å². The van der Waals surface area contributed by atoms with Gasteiger partial charge in [-0.15, -0.1) is 21.8 Å². The van der Waals surface area contributed by atoms with Gasteiger partial charge in [-0.2, -0.15) is 0 Å². The molecular formula is C14H16ClN5O. The third kappa shape index (κ3) is 2.47. The Morgan fingerprint density at radius 1 is 1.29 bits per heavy atom. The van der Waals surface area contributed by atoms with Crippen LogP contribution in [0.1, 0.15) is 18.6 Å². The molecular weight excluding hydrogens is 290 g/mol. The Morgan fingerprint density at radius 3 is 2.86 bits per heavy atom. The molecule has 0 aliphatic heterocycles. The molecule has 3 aromatic rings. The minimum atomic E-state index is 0.345. The average Bonchev–Trinajstić information content (AvgIpc) is 3.11. The van der Waals surface area contributed by atoms with E-state index < -0.39 is 0 Å². The van der Waals surface area contributed by atoms with E-state index in [1.165, 1.54) is 0 Å². The van der Waals surface area contributed by atoms with Crippen LogP contribution in [0.4, 0.5) is 0 Å². The van der Waals surface area contributed by atoms with Gasteiger partial charge in [0.05, 0.1) is 30.6 Å². The first-order valence-electron chi connectivity index (χ1n) is 6.72. The number of imidazole rings is 1. The van der Waals surface area contributed by atoms with Crippen molar-refractivity contribution in [2.75, 3.05) is 7.11 Å². The molecule has 0 bridgehead atoms. The number of halogens is 1. The van der Waals surface area contributed by atoms with Gasteiger partial charge in [-0.05, 0) is 19.1 Å². The first kappa shape index (κ1) is 13.9. The van der Waals surface area contributed by atoms with Crippen LogP contribution >= 0.6 is 11.6 Å². The summed E-state index contributed by atoms with van der Waals surface area (Å²) in [5.41, 5.74) is 1.88. The zero-order valence-corrected chi connectivity index (χ0v) is 12.7. The Morgan fingerprint density at radius 2 is 2.14 bits per heavy atom. The molecule has 0 atom stereocenters. The molecule has 0 fully saturated rings. The fourth-order valence-corrected chi connectivity index (χ4v) is 2.57. The minimum Gasteiger partial charge on any atom is -0.497 e. The molecule has 0 saturated heterocycles. The predicted molar refractivity (Wildman–Crippen MR) is 80.6 cm³/mol. The number of hydrogen-bond acceptors (Lipinski definition) is 4. The highest BCUT2D eigenvalue weighted by atomic mass is 35.5. The summed E-state index contributed by atoms with van der Waals surface area (Å²) >= 11 is 6.03. The summed E-state index contributed by atoms with van der Waals surface area (Å²) in [6.45, 7) is 3.47. The van der Waals surface area contributed by atoms with Crippen molar-refractivity contribution in [3.8, 4) is 5.75 Å². The lowest BCUT2D eigenvalue weighted by Gasteiger charge is -2.09. The van der Waals surface area contributed by atoms with Crippen molar-refractivity contribution in [1.29, 1.82) is 0 Å². The Labute approximate surface area is 127 Å². The van der Waals surface area contributed by atoms with E-state index in [-0.39, 0.29) is 0 Å². The van der Waals surface area contributed by atoms with Crippen molar-refractivity contribution in [3.63, 3.8) is 0 Å². The third-order valence-corrected chi connectivity index (χ3v) is 3.73. The number of fused-ring (bicyclic) bond motifs is 1. The van der Waals surface area contributed by atoms with Crippen LogP contribution < -0.4 is 4.74 Å². The van der Waals surface area contributed by atoms with E-state index >= 15 is 0 Å². The first-order valence-corrected chi connectivity index (χ1v) is 7.26. The highest BCUT2D eigenvalue weighted by molar-refractivity contribution is 6.16. The lowest BCUT2D eigenvalue weighted by atomic mass is 10.3. The number of methoxy groups -OCH3 is 1. The molecule has 0 saturated carbocycles. The third-order valence-electron chi connectivity index (χ3n) is 3.49. The number of hydrogen-bond donors (Lipinski definition) is 0. The summed E-state index contributed by atoms with van der Waals surface area (Å²) in [7, 11) is 1.65. The van der Waals surface area contributed by atoms with E-state index in [0.717, 1.165) is 35.0 Å². The highest BCUT2D eigenvalue weighted by Gasteiger charge is 2.13. The molecule has 0 aliphatic carbocycles. The summed E-state index contributed by atoms with van der Waals surface area (Å²) < 4.78 is 9.35. The Balaban J connectivity index is 2.10. The summed E-state index contributed by atoms with van der Waals surface area (Å²) in [5, 5.41) is 8.14. The first-order chi connectivity index (χ1) is 10.3. The maximum absolute atomic E-state index is 6.03. The maximum Gasteiger partial charge on any atom is 0.152 e. The van der Waals surface area contributed by atoms with Gasteiger partial charge < -0.3 is 13.9 Å².